The Labute approximate surface area is 171 Å². The second-order valence-electron chi connectivity index (χ2n) is 7.88. The molecule has 1 unspecified atom stereocenters. The first-order chi connectivity index (χ1) is 13.9. The highest BCUT2D eigenvalue weighted by Gasteiger charge is 2.35. The Kier molecular flexibility index (Phi) is 5.54. The van der Waals surface area contributed by atoms with Crippen molar-refractivity contribution >= 4 is 21.7 Å². The van der Waals surface area contributed by atoms with Gasteiger partial charge in [0.1, 0.15) is 0 Å². The second kappa shape index (κ2) is 7.97. The second-order valence-corrected chi connectivity index (χ2v) is 9.66. The predicted molar refractivity (Wildman–Crippen MR) is 111 cm³/mol. The smallest absolute Gasteiger partial charge is 0.332 e. The lowest BCUT2D eigenvalue weighted by atomic mass is 9.99. The molecule has 0 radical (unpaired) electrons. The Morgan fingerprint density at radius 1 is 1.17 bits per heavy atom. The van der Waals surface area contributed by atoms with Crippen molar-refractivity contribution < 1.29 is 18.3 Å². The highest BCUT2D eigenvalue weighted by Crippen LogP contribution is 2.38. The molecule has 0 aromatic heterocycles. The summed E-state index contributed by atoms with van der Waals surface area (Å²) in [7, 11) is -2.29. The molecule has 2 amide bonds. The van der Waals surface area contributed by atoms with Crippen LogP contribution in [0.4, 0.5) is 10.5 Å². The van der Waals surface area contributed by atoms with E-state index >= 15 is 0 Å². The summed E-state index contributed by atoms with van der Waals surface area (Å²) in [6, 6.07) is 1.55. The number of urea groups is 1. The lowest BCUT2D eigenvalue weighted by Gasteiger charge is -2.29. The van der Waals surface area contributed by atoms with Crippen LogP contribution in [0.2, 0.25) is 0 Å². The van der Waals surface area contributed by atoms with Gasteiger partial charge in [0.15, 0.2) is 5.37 Å². The standard InChI is InChI=1S/C20H28N4O4S/c1-23-18(9-11-24(23)10-4-12-25)29(27,28)22-20(26)21-19-16-7-2-5-14(16)13-15-6-3-8-17(15)19/h9,11,13,18,25H,2-8,10,12H2,1H3,(H2,21,22,26). The molecule has 8 nitrogen and oxygen atoms in total. The Morgan fingerprint density at radius 2 is 1.83 bits per heavy atom. The van der Waals surface area contributed by atoms with E-state index in [1.807, 2.05) is 0 Å². The molecule has 1 atom stereocenters. The Hall–Kier alpha value is -2.10. The minimum atomic E-state index is -3.94. The van der Waals surface area contributed by atoms with Crippen molar-refractivity contribution in [1.29, 1.82) is 0 Å². The van der Waals surface area contributed by atoms with Crippen molar-refractivity contribution in [3.63, 3.8) is 0 Å². The summed E-state index contributed by atoms with van der Waals surface area (Å²) in [6.07, 6.45) is 9.70. The summed E-state index contributed by atoms with van der Waals surface area (Å²) in [6.45, 7) is 0.534. The quantitative estimate of drug-likeness (QED) is 0.645. The summed E-state index contributed by atoms with van der Waals surface area (Å²) < 4.78 is 27.8. The molecular formula is C20H28N4O4S. The molecule has 1 aromatic carbocycles. The zero-order chi connectivity index (χ0) is 20.6. The SMILES string of the molecule is CN1C(S(=O)(=O)NC(=O)Nc2c3c(cc4c2CCC4)CCC3)C=CN1CCCO. The maximum absolute atomic E-state index is 12.8. The number of likely N-dealkylation sites (N-methyl/N-ethyl adjacent to an activating group) is 1. The number of carbonyl (C=O) groups excluding carboxylic acids is 1. The highest BCUT2D eigenvalue weighted by atomic mass is 32.2. The molecule has 3 aliphatic rings. The van der Waals surface area contributed by atoms with Gasteiger partial charge in [-0.2, -0.15) is 0 Å². The number of amides is 2. The van der Waals surface area contributed by atoms with Gasteiger partial charge in [-0.25, -0.2) is 22.9 Å². The van der Waals surface area contributed by atoms with Crippen LogP contribution in [-0.4, -0.2) is 55.1 Å². The minimum Gasteiger partial charge on any atom is -0.396 e. The Morgan fingerprint density at radius 3 is 2.45 bits per heavy atom. The molecule has 29 heavy (non-hydrogen) atoms. The Balaban J connectivity index is 1.48. The van der Waals surface area contributed by atoms with Gasteiger partial charge in [-0.15, -0.1) is 0 Å². The summed E-state index contributed by atoms with van der Waals surface area (Å²) in [5.41, 5.74) is 5.70. The largest absolute Gasteiger partial charge is 0.396 e. The zero-order valence-electron chi connectivity index (χ0n) is 16.6. The third kappa shape index (κ3) is 3.86. The maximum atomic E-state index is 12.8. The summed E-state index contributed by atoms with van der Waals surface area (Å²) in [5.74, 6) is 0. The number of hydrazine groups is 1. The van der Waals surface area contributed by atoms with E-state index in [4.69, 9.17) is 5.11 Å². The van der Waals surface area contributed by atoms with Gasteiger partial charge in [-0.3, -0.25) is 0 Å². The first-order valence-electron chi connectivity index (χ1n) is 10.2. The van der Waals surface area contributed by atoms with Gasteiger partial charge in [0.25, 0.3) is 10.0 Å². The fourth-order valence-electron chi connectivity index (χ4n) is 4.61. The van der Waals surface area contributed by atoms with Crippen molar-refractivity contribution in [2.24, 2.45) is 0 Å². The minimum absolute atomic E-state index is 0.0297. The molecule has 1 aliphatic heterocycles. The fourth-order valence-corrected chi connectivity index (χ4v) is 5.84. The number of carbonyl (C=O) groups is 1. The van der Waals surface area contributed by atoms with E-state index in [-0.39, 0.29) is 6.61 Å². The van der Waals surface area contributed by atoms with Crippen molar-refractivity contribution in [2.75, 3.05) is 25.5 Å². The first kappa shape index (κ1) is 20.2. The molecule has 3 N–H and O–H groups in total. The molecule has 4 rings (SSSR count). The van der Waals surface area contributed by atoms with Crippen LogP contribution in [0.15, 0.2) is 18.3 Å². The van der Waals surface area contributed by atoms with E-state index in [0.29, 0.717) is 13.0 Å². The monoisotopic (exact) mass is 420 g/mol. The Bertz CT molecular complexity index is 912. The number of aliphatic hydroxyl groups is 1. The molecule has 1 heterocycles. The third-order valence-electron chi connectivity index (χ3n) is 6.01. The van der Waals surface area contributed by atoms with Crippen molar-refractivity contribution in [3.05, 3.63) is 40.6 Å². The predicted octanol–water partition coefficient (Wildman–Crippen LogP) is 1.50. The van der Waals surface area contributed by atoms with Crippen LogP contribution in [0.25, 0.3) is 0 Å². The normalized spacial score (nSPS) is 20.8. The number of nitrogens with zero attached hydrogens (tertiary/aromatic N) is 2. The van der Waals surface area contributed by atoms with Gasteiger partial charge in [0.2, 0.25) is 0 Å². The van der Waals surface area contributed by atoms with E-state index in [1.54, 1.807) is 23.3 Å². The average Bonchev–Trinajstić information content (AvgIpc) is 3.39. The van der Waals surface area contributed by atoms with Gasteiger partial charge in [0.05, 0.1) is 0 Å². The number of benzene rings is 1. The van der Waals surface area contributed by atoms with E-state index in [2.05, 4.69) is 16.1 Å². The third-order valence-corrected chi connectivity index (χ3v) is 7.57. The van der Waals surface area contributed by atoms with Crippen LogP contribution < -0.4 is 10.0 Å². The van der Waals surface area contributed by atoms with Gasteiger partial charge in [-0.1, -0.05) is 6.07 Å². The molecule has 0 bridgehead atoms. The van der Waals surface area contributed by atoms with Crippen LogP contribution in [0.5, 0.6) is 0 Å². The molecule has 158 valence electrons. The van der Waals surface area contributed by atoms with Crippen LogP contribution in [0, 0.1) is 0 Å². The topological polar surface area (TPSA) is 102 Å². The van der Waals surface area contributed by atoms with Crippen molar-refractivity contribution in [1.82, 2.24) is 14.7 Å². The molecule has 0 saturated heterocycles. The van der Waals surface area contributed by atoms with E-state index in [9.17, 15) is 13.2 Å². The number of anilines is 1. The number of aryl methyl sites for hydroxylation is 2. The highest BCUT2D eigenvalue weighted by molar-refractivity contribution is 7.90. The molecule has 2 aliphatic carbocycles. The lowest BCUT2D eigenvalue weighted by molar-refractivity contribution is 0.0635. The molecule has 9 heteroatoms. The summed E-state index contributed by atoms with van der Waals surface area (Å²) in [5, 5.41) is 14.1. The van der Waals surface area contributed by atoms with Crippen molar-refractivity contribution in [3.8, 4) is 0 Å². The number of hydrogen-bond donors (Lipinski definition) is 3. The van der Waals surface area contributed by atoms with E-state index in [0.717, 1.165) is 55.3 Å². The average molecular weight is 421 g/mol. The number of sulfonamides is 1. The van der Waals surface area contributed by atoms with Gasteiger partial charge in [-0.05, 0) is 73.3 Å². The lowest BCUT2D eigenvalue weighted by Crippen LogP contribution is -2.48. The number of aliphatic hydroxyl groups excluding tert-OH is 1. The van der Waals surface area contributed by atoms with Gasteiger partial charge < -0.3 is 15.4 Å². The van der Waals surface area contributed by atoms with E-state index in [1.165, 1.54) is 17.2 Å². The maximum Gasteiger partial charge on any atom is 0.332 e. The number of rotatable bonds is 6. The molecule has 0 spiro atoms. The van der Waals surface area contributed by atoms with Gasteiger partial charge in [0, 0.05) is 32.1 Å². The van der Waals surface area contributed by atoms with Crippen LogP contribution >= 0.6 is 0 Å². The molecule has 1 aromatic rings. The number of fused-ring (bicyclic) bond motifs is 2. The molecule has 0 saturated carbocycles. The van der Waals surface area contributed by atoms with Crippen LogP contribution in [0.1, 0.15) is 41.5 Å². The van der Waals surface area contributed by atoms with Crippen LogP contribution in [0.3, 0.4) is 0 Å². The van der Waals surface area contributed by atoms with Crippen molar-refractivity contribution in [2.45, 2.75) is 50.3 Å². The summed E-state index contributed by atoms with van der Waals surface area (Å²) >= 11 is 0. The zero-order valence-corrected chi connectivity index (χ0v) is 17.5. The molecular weight excluding hydrogens is 392 g/mol. The number of nitrogens with one attached hydrogen (secondary N) is 2. The van der Waals surface area contributed by atoms with Gasteiger partial charge >= 0.3 is 6.03 Å². The number of hydrogen-bond acceptors (Lipinski definition) is 6. The summed E-state index contributed by atoms with van der Waals surface area (Å²) in [4.78, 5) is 12.7. The first-order valence-corrected chi connectivity index (χ1v) is 11.7. The fraction of sp³-hybridized carbons (Fsp3) is 0.550. The van der Waals surface area contributed by atoms with E-state index < -0.39 is 21.4 Å². The van der Waals surface area contributed by atoms with Crippen LogP contribution in [-0.2, 0) is 35.7 Å². The molecule has 0 fully saturated rings.